The smallest absolute Gasteiger partial charge is 0.215 e. The van der Waals surface area contributed by atoms with E-state index in [2.05, 4.69) is 52.8 Å². The first-order valence-electron chi connectivity index (χ1n) is 6.49. The monoisotopic (exact) mass is 513 g/mol. The number of aliphatic imine (C=N–C) groups is 1. The van der Waals surface area contributed by atoms with Crippen molar-refractivity contribution in [1.82, 2.24) is 0 Å². The zero-order chi connectivity index (χ0) is 16.3. The second-order valence-electron chi connectivity index (χ2n) is 4.99. The van der Waals surface area contributed by atoms with Gasteiger partial charge in [-0.25, -0.2) is 4.99 Å². The van der Waals surface area contributed by atoms with Crippen molar-refractivity contribution < 1.29 is 9.90 Å². The number of benzene rings is 2. The van der Waals surface area contributed by atoms with Crippen molar-refractivity contribution in [1.29, 1.82) is 0 Å². The second-order valence-corrected chi connectivity index (χ2v) is 8.73. The Morgan fingerprint density at radius 2 is 1.83 bits per heavy atom. The molecule has 0 spiro atoms. The van der Waals surface area contributed by atoms with Crippen molar-refractivity contribution in [2.24, 2.45) is 4.99 Å². The summed E-state index contributed by atoms with van der Waals surface area (Å²) in [5.74, 6) is -0.0793. The zero-order valence-corrected chi connectivity index (χ0v) is 16.8. The van der Waals surface area contributed by atoms with E-state index in [9.17, 15) is 9.90 Å². The van der Waals surface area contributed by atoms with E-state index >= 15 is 0 Å². The number of Topliss-reactive ketones (excluding diaryl/α,β-unsaturated/α-hetero) is 1. The number of carbonyl (C=O) groups excluding carboxylic acids is 1. The fourth-order valence-corrected chi connectivity index (χ4v) is 5.25. The molecular weight excluding hydrogens is 510 g/mol. The molecule has 2 heterocycles. The number of ketones is 1. The molecule has 7 heteroatoms. The van der Waals surface area contributed by atoms with Crippen molar-refractivity contribution in [3.8, 4) is 5.75 Å². The van der Waals surface area contributed by atoms with E-state index in [0.717, 1.165) is 18.1 Å². The summed E-state index contributed by atoms with van der Waals surface area (Å²) < 4.78 is 3.33. The molecule has 1 aromatic heterocycles. The van der Waals surface area contributed by atoms with Gasteiger partial charge in [0.2, 0.25) is 5.78 Å². The molecule has 3 nitrogen and oxygen atoms in total. The van der Waals surface area contributed by atoms with Crippen LogP contribution in [-0.2, 0) is 0 Å². The highest BCUT2D eigenvalue weighted by atomic mass is 79.9. The Kier molecular flexibility index (Phi) is 3.72. The minimum Gasteiger partial charge on any atom is -0.506 e. The molecule has 0 radical (unpaired) electrons. The molecule has 0 aliphatic carbocycles. The van der Waals surface area contributed by atoms with Gasteiger partial charge in [0.1, 0.15) is 11.5 Å². The maximum absolute atomic E-state index is 12.7. The molecule has 0 saturated carbocycles. The predicted octanol–water partition coefficient (Wildman–Crippen LogP) is 6.21. The van der Waals surface area contributed by atoms with Crippen LogP contribution in [0.1, 0.15) is 15.2 Å². The van der Waals surface area contributed by atoms with Crippen LogP contribution in [0.5, 0.6) is 5.75 Å². The molecule has 0 fully saturated rings. The van der Waals surface area contributed by atoms with Crippen LogP contribution in [0.4, 0.5) is 5.69 Å². The Labute approximate surface area is 160 Å². The molecule has 0 unspecified atom stereocenters. The summed E-state index contributed by atoms with van der Waals surface area (Å²) in [6, 6.07) is 9.25. The first-order chi connectivity index (χ1) is 11.0. The Balaban J connectivity index is 1.93. The van der Waals surface area contributed by atoms with Crippen LogP contribution in [0, 0.1) is 0 Å². The standard InChI is InChI=1S/C16H6Br3NO2S/c17-6-1-2-11-8(3-6)15(22)16(23-11)13-14(21)9-4-7(18)5-10(19)12(9)20-13/h1-5,22H. The summed E-state index contributed by atoms with van der Waals surface area (Å²) in [5.41, 5.74) is 1.42. The molecule has 1 N–H and O–H groups in total. The maximum Gasteiger partial charge on any atom is 0.215 e. The van der Waals surface area contributed by atoms with Crippen molar-refractivity contribution in [3.05, 3.63) is 54.2 Å². The number of hydrogen-bond donors (Lipinski definition) is 1. The molecule has 23 heavy (non-hydrogen) atoms. The van der Waals surface area contributed by atoms with Crippen LogP contribution in [0.15, 0.2) is 48.7 Å². The fraction of sp³-hybridized carbons (Fsp3) is 0. The Hall–Kier alpha value is -1.02. The van der Waals surface area contributed by atoms with Gasteiger partial charge in [0.25, 0.3) is 0 Å². The lowest BCUT2D eigenvalue weighted by Gasteiger charge is -1.99. The fourth-order valence-electron chi connectivity index (χ4n) is 2.51. The average Bonchev–Trinajstić information content (AvgIpc) is 2.99. The third kappa shape index (κ3) is 2.41. The number of nitrogens with zero attached hydrogens (tertiary/aromatic N) is 1. The molecule has 0 atom stereocenters. The first-order valence-corrected chi connectivity index (χ1v) is 9.69. The quantitative estimate of drug-likeness (QED) is 0.419. The lowest BCUT2D eigenvalue weighted by Crippen LogP contribution is -2.09. The SMILES string of the molecule is O=C1C(c2sc3ccc(Br)cc3c2O)=Nc2c(Br)cc(Br)cc21. The van der Waals surface area contributed by atoms with Gasteiger partial charge >= 0.3 is 0 Å². The van der Waals surface area contributed by atoms with Crippen LogP contribution < -0.4 is 0 Å². The van der Waals surface area contributed by atoms with Crippen molar-refractivity contribution >= 4 is 86.4 Å². The van der Waals surface area contributed by atoms with Gasteiger partial charge in [-0.1, -0.05) is 31.9 Å². The lowest BCUT2D eigenvalue weighted by atomic mass is 10.1. The minimum absolute atomic E-state index is 0.0985. The Bertz CT molecular complexity index is 1040. The Morgan fingerprint density at radius 1 is 1.04 bits per heavy atom. The molecule has 3 aromatic rings. The van der Waals surface area contributed by atoms with Crippen LogP contribution in [0.3, 0.4) is 0 Å². The van der Waals surface area contributed by atoms with Crippen LogP contribution >= 0.6 is 59.1 Å². The molecule has 114 valence electrons. The topological polar surface area (TPSA) is 49.7 Å². The highest BCUT2D eigenvalue weighted by Crippen LogP contribution is 2.43. The van der Waals surface area contributed by atoms with Crippen molar-refractivity contribution in [3.63, 3.8) is 0 Å². The summed E-state index contributed by atoms with van der Waals surface area (Å²) in [6.45, 7) is 0. The average molecular weight is 516 g/mol. The third-order valence-corrected chi connectivity index (χ3v) is 6.27. The van der Waals surface area contributed by atoms with Gasteiger partial charge in [-0.3, -0.25) is 4.79 Å². The van der Waals surface area contributed by atoms with Gasteiger partial charge < -0.3 is 5.11 Å². The van der Waals surface area contributed by atoms with E-state index in [-0.39, 0.29) is 17.2 Å². The number of aromatic hydroxyl groups is 1. The van der Waals surface area contributed by atoms with E-state index in [4.69, 9.17) is 0 Å². The van der Waals surface area contributed by atoms with E-state index in [1.54, 1.807) is 6.07 Å². The molecule has 2 aromatic carbocycles. The first kappa shape index (κ1) is 15.5. The number of fused-ring (bicyclic) bond motifs is 2. The van der Waals surface area contributed by atoms with E-state index in [1.165, 1.54) is 11.3 Å². The molecule has 0 saturated heterocycles. The summed E-state index contributed by atoms with van der Waals surface area (Å²) in [7, 11) is 0. The zero-order valence-electron chi connectivity index (χ0n) is 11.2. The molecule has 1 aliphatic rings. The largest absolute Gasteiger partial charge is 0.506 e. The number of thiophene rings is 1. The highest BCUT2D eigenvalue weighted by molar-refractivity contribution is 9.11. The lowest BCUT2D eigenvalue weighted by molar-refractivity contribution is 0.107. The highest BCUT2D eigenvalue weighted by Gasteiger charge is 2.31. The third-order valence-electron chi connectivity index (χ3n) is 3.55. The summed E-state index contributed by atoms with van der Waals surface area (Å²) >= 11 is 11.6. The van der Waals surface area contributed by atoms with Gasteiger partial charge in [-0.2, -0.15) is 0 Å². The second kappa shape index (κ2) is 5.51. The summed E-state index contributed by atoms with van der Waals surface area (Å²) in [5, 5.41) is 11.2. The number of halogens is 3. The normalized spacial score (nSPS) is 13.5. The van der Waals surface area contributed by atoms with E-state index in [1.807, 2.05) is 24.3 Å². The number of carbonyl (C=O) groups is 1. The summed E-state index contributed by atoms with van der Waals surface area (Å²) in [6.07, 6.45) is 0. The van der Waals surface area contributed by atoms with Gasteiger partial charge in [0, 0.05) is 23.5 Å². The molecular formula is C16H6Br3NO2S. The van der Waals surface area contributed by atoms with Crippen molar-refractivity contribution in [2.75, 3.05) is 0 Å². The predicted molar refractivity (Wildman–Crippen MR) is 104 cm³/mol. The molecule has 1 aliphatic heterocycles. The molecule has 0 bridgehead atoms. The van der Waals surface area contributed by atoms with Gasteiger partial charge in [-0.05, 0) is 46.3 Å². The minimum atomic E-state index is -0.178. The number of rotatable bonds is 1. The van der Waals surface area contributed by atoms with Crippen LogP contribution in [0.25, 0.3) is 10.1 Å². The maximum atomic E-state index is 12.7. The number of hydrogen-bond acceptors (Lipinski definition) is 4. The van der Waals surface area contributed by atoms with Crippen LogP contribution in [-0.4, -0.2) is 16.6 Å². The van der Waals surface area contributed by atoms with Gasteiger partial charge in [0.05, 0.1) is 16.1 Å². The molecule has 4 rings (SSSR count). The van der Waals surface area contributed by atoms with Crippen LogP contribution in [0.2, 0.25) is 0 Å². The summed E-state index contributed by atoms with van der Waals surface area (Å²) in [4.78, 5) is 17.7. The Morgan fingerprint density at radius 3 is 2.61 bits per heavy atom. The van der Waals surface area contributed by atoms with Gasteiger partial charge in [0.15, 0.2) is 0 Å². The van der Waals surface area contributed by atoms with Crippen molar-refractivity contribution in [2.45, 2.75) is 0 Å². The van der Waals surface area contributed by atoms with E-state index < -0.39 is 0 Å². The molecule has 0 amide bonds. The van der Waals surface area contributed by atoms with E-state index in [0.29, 0.717) is 21.5 Å². The van der Waals surface area contributed by atoms with Gasteiger partial charge in [-0.15, -0.1) is 11.3 Å².